The van der Waals surface area contributed by atoms with Crippen LogP contribution in [0.3, 0.4) is 0 Å². The number of aromatic nitrogens is 4. The predicted molar refractivity (Wildman–Crippen MR) is 40.8 cm³/mol. The Kier molecular flexibility index (Phi) is 1.84. The summed E-state index contributed by atoms with van der Waals surface area (Å²) in [6.45, 7) is 0. The minimum Gasteiger partial charge on any atom is -0.233 e. The number of rotatable bonds is 0. The standard InChI is InChI=1S/C6H2ClF3N4/c7-3-1-11-5-4(6(8,9)10)12-13-14(5)2-3/h1-2H. The molecule has 0 unspecified atom stereocenters. The number of nitrogens with zero attached hydrogens (tertiary/aromatic N) is 4. The molecule has 4 nitrogen and oxygen atoms in total. The van der Waals surface area contributed by atoms with Crippen LogP contribution in [0.15, 0.2) is 12.4 Å². The summed E-state index contributed by atoms with van der Waals surface area (Å²) in [5, 5.41) is 6.41. The van der Waals surface area contributed by atoms with Gasteiger partial charge in [-0.1, -0.05) is 16.8 Å². The van der Waals surface area contributed by atoms with Crippen LogP contribution in [-0.2, 0) is 6.18 Å². The van der Waals surface area contributed by atoms with E-state index in [0.717, 1.165) is 10.7 Å². The third-order valence-corrected chi connectivity index (χ3v) is 1.69. The van der Waals surface area contributed by atoms with Crippen LogP contribution >= 0.6 is 11.6 Å². The van der Waals surface area contributed by atoms with E-state index in [9.17, 15) is 13.2 Å². The molecule has 2 rings (SSSR count). The quantitative estimate of drug-likeness (QED) is 0.683. The molecular weight excluding hydrogens is 221 g/mol. The first-order valence-corrected chi connectivity index (χ1v) is 3.80. The van der Waals surface area contributed by atoms with Gasteiger partial charge in [0.25, 0.3) is 0 Å². The first kappa shape index (κ1) is 9.20. The van der Waals surface area contributed by atoms with E-state index < -0.39 is 11.9 Å². The van der Waals surface area contributed by atoms with Crippen molar-refractivity contribution in [2.45, 2.75) is 6.18 Å². The van der Waals surface area contributed by atoms with Gasteiger partial charge in [-0.25, -0.2) is 9.50 Å². The fourth-order valence-electron chi connectivity index (χ4n) is 0.952. The lowest BCUT2D eigenvalue weighted by Gasteiger charge is -2.00. The van der Waals surface area contributed by atoms with Gasteiger partial charge in [0.15, 0.2) is 5.65 Å². The molecule has 0 spiro atoms. The zero-order valence-electron chi connectivity index (χ0n) is 6.46. The largest absolute Gasteiger partial charge is 0.439 e. The molecule has 0 aliphatic rings. The van der Waals surface area contributed by atoms with Gasteiger partial charge in [0.05, 0.1) is 11.2 Å². The van der Waals surface area contributed by atoms with Crippen LogP contribution in [0.4, 0.5) is 13.2 Å². The van der Waals surface area contributed by atoms with Crippen LogP contribution in [-0.4, -0.2) is 19.8 Å². The highest BCUT2D eigenvalue weighted by atomic mass is 35.5. The van der Waals surface area contributed by atoms with E-state index in [4.69, 9.17) is 11.6 Å². The summed E-state index contributed by atoms with van der Waals surface area (Å²) in [5.74, 6) is 0. The van der Waals surface area contributed by atoms with Crippen molar-refractivity contribution in [3.05, 3.63) is 23.1 Å². The summed E-state index contributed by atoms with van der Waals surface area (Å²) >= 11 is 5.51. The Hall–Kier alpha value is -1.37. The highest BCUT2D eigenvalue weighted by Gasteiger charge is 2.37. The number of hydrogen-bond donors (Lipinski definition) is 0. The van der Waals surface area contributed by atoms with Crippen molar-refractivity contribution in [1.29, 1.82) is 0 Å². The van der Waals surface area contributed by atoms with Crippen LogP contribution in [0.5, 0.6) is 0 Å². The molecule has 2 heterocycles. The molecule has 0 aliphatic carbocycles. The molecule has 0 atom stereocenters. The van der Waals surface area contributed by atoms with Crippen molar-refractivity contribution in [2.24, 2.45) is 0 Å². The molecule has 14 heavy (non-hydrogen) atoms. The smallest absolute Gasteiger partial charge is 0.233 e. The van der Waals surface area contributed by atoms with E-state index in [1.165, 1.54) is 6.20 Å². The van der Waals surface area contributed by atoms with Crippen molar-refractivity contribution in [3.8, 4) is 0 Å². The highest BCUT2D eigenvalue weighted by Crippen LogP contribution is 2.29. The lowest BCUT2D eigenvalue weighted by Crippen LogP contribution is -2.06. The molecule has 0 aliphatic heterocycles. The normalized spacial score (nSPS) is 12.3. The second-order valence-electron chi connectivity index (χ2n) is 2.48. The van der Waals surface area contributed by atoms with Crippen LogP contribution < -0.4 is 0 Å². The Balaban J connectivity index is 2.70. The maximum absolute atomic E-state index is 12.3. The second kappa shape index (κ2) is 2.81. The summed E-state index contributed by atoms with van der Waals surface area (Å²) in [7, 11) is 0. The SMILES string of the molecule is FC(F)(F)c1nnn2cc(Cl)cnc12. The van der Waals surface area contributed by atoms with Gasteiger partial charge in [-0.05, 0) is 0 Å². The molecule has 8 heteroatoms. The minimum atomic E-state index is -4.55. The number of halogens is 4. The summed E-state index contributed by atoms with van der Waals surface area (Å²) in [4.78, 5) is 3.49. The molecule has 0 saturated heterocycles. The molecule has 2 aromatic heterocycles. The monoisotopic (exact) mass is 222 g/mol. The Morgan fingerprint density at radius 1 is 1.36 bits per heavy atom. The lowest BCUT2D eigenvalue weighted by molar-refractivity contribution is -0.140. The van der Waals surface area contributed by atoms with Gasteiger partial charge >= 0.3 is 6.18 Å². The van der Waals surface area contributed by atoms with Crippen molar-refractivity contribution < 1.29 is 13.2 Å². The Morgan fingerprint density at radius 3 is 2.71 bits per heavy atom. The van der Waals surface area contributed by atoms with Gasteiger partial charge in [-0.15, -0.1) is 5.10 Å². The average Bonchev–Trinajstić information content (AvgIpc) is 2.45. The van der Waals surface area contributed by atoms with Gasteiger partial charge in [0.2, 0.25) is 5.69 Å². The first-order valence-electron chi connectivity index (χ1n) is 3.42. The molecule has 0 N–H and O–H groups in total. The number of alkyl halides is 3. The third kappa shape index (κ3) is 1.39. The van der Waals surface area contributed by atoms with Crippen molar-refractivity contribution >= 4 is 17.2 Å². The van der Waals surface area contributed by atoms with Crippen molar-refractivity contribution in [2.75, 3.05) is 0 Å². The van der Waals surface area contributed by atoms with Crippen LogP contribution in [0.2, 0.25) is 5.02 Å². The lowest BCUT2D eigenvalue weighted by atomic mass is 10.4. The van der Waals surface area contributed by atoms with E-state index in [-0.39, 0.29) is 10.7 Å². The van der Waals surface area contributed by atoms with Crippen molar-refractivity contribution in [3.63, 3.8) is 0 Å². The van der Waals surface area contributed by atoms with Crippen LogP contribution in [0.25, 0.3) is 5.65 Å². The molecule has 0 bridgehead atoms. The van der Waals surface area contributed by atoms with E-state index in [0.29, 0.717) is 0 Å². The summed E-state index contributed by atoms with van der Waals surface area (Å²) < 4.78 is 37.7. The molecule has 0 aromatic carbocycles. The van der Waals surface area contributed by atoms with Gasteiger partial charge < -0.3 is 0 Å². The number of hydrogen-bond acceptors (Lipinski definition) is 3. The molecule has 74 valence electrons. The summed E-state index contributed by atoms with van der Waals surface area (Å²) in [6.07, 6.45) is -2.25. The summed E-state index contributed by atoms with van der Waals surface area (Å²) in [6, 6.07) is 0. The molecular formula is C6H2ClF3N4. The van der Waals surface area contributed by atoms with E-state index >= 15 is 0 Å². The Bertz CT molecular complexity index is 477. The molecule has 0 fully saturated rings. The molecule has 0 saturated carbocycles. The van der Waals surface area contributed by atoms with Crippen LogP contribution in [0.1, 0.15) is 5.69 Å². The molecule has 2 aromatic rings. The second-order valence-corrected chi connectivity index (χ2v) is 2.91. The maximum atomic E-state index is 12.3. The van der Waals surface area contributed by atoms with E-state index in [1.54, 1.807) is 0 Å². The fourth-order valence-corrected chi connectivity index (χ4v) is 1.09. The molecule has 0 amide bonds. The topological polar surface area (TPSA) is 43.1 Å². The van der Waals surface area contributed by atoms with E-state index in [1.807, 2.05) is 0 Å². The van der Waals surface area contributed by atoms with E-state index in [2.05, 4.69) is 15.3 Å². The fraction of sp³-hybridized carbons (Fsp3) is 0.167. The molecule has 0 radical (unpaired) electrons. The first-order chi connectivity index (χ1) is 6.48. The minimum absolute atomic E-state index is 0.191. The predicted octanol–water partition coefficient (Wildman–Crippen LogP) is 1.80. The van der Waals surface area contributed by atoms with Gasteiger partial charge in [-0.2, -0.15) is 13.2 Å². The Labute approximate surface area is 80.3 Å². The Morgan fingerprint density at radius 2 is 2.07 bits per heavy atom. The highest BCUT2D eigenvalue weighted by molar-refractivity contribution is 6.30. The van der Waals surface area contributed by atoms with Gasteiger partial charge in [-0.3, -0.25) is 0 Å². The third-order valence-electron chi connectivity index (χ3n) is 1.49. The number of fused-ring (bicyclic) bond motifs is 1. The van der Waals surface area contributed by atoms with Gasteiger partial charge in [0.1, 0.15) is 0 Å². The van der Waals surface area contributed by atoms with Gasteiger partial charge in [0, 0.05) is 6.20 Å². The zero-order chi connectivity index (χ0) is 10.3. The summed E-state index contributed by atoms with van der Waals surface area (Å²) in [5.41, 5.74) is -1.48. The zero-order valence-corrected chi connectivity index (χ0v) is 7.21. The van der Waals surface area contributed by atoms with Crippen molar-refractivity contribution in [1.82, 2.24) is 19.8 Å². The maximum Gasteiger partial charge on any atom is 0.439 e. The average molecular weight is 223 g/mol. The van der Waals surface area contributed by atoms with Crippen LogP contribution in [0, 0.1) is 0 Å².